The van der Waals surface area contributed by atoms with Gasteiger partial charge in [-0.2, -0.15) is 13.2 Å². The molecule has 0 unspecified atom stereocenters. The molecule has 138 valence electrons. The van der Waals surface area contributed by atoms with Crippen LogP contribution in [0.15, 0.2) is 10.6 Å². The summed E-state index contributed by atoms with van der Waals surface area (Å²) in [6.07, 6.45) is -4.07. The first-order valence-electron chi connectivity index (χ1n) is 7.88. The van der Waals surface area contributed by atoms with Gasteiger partial charge in [0.05, 0.1) is 16.6 Å². The predicted molar refractivity (Wildman–Crippen MR) is 84.5 cm³/mol. The minimum absolute atomic E-state index is 0.0882. The topological polar surface area (TPSA) is 77.2 Å². The van der Waals surface area contributed by atoms with Gasteiger partial charge in [0, 0.05) is 18.8 Å². The Hall–Kier alpha value is -2.16. The number of aromatic nitrogens is 2. The Balaban J connectivity index is 2.00. The zero-order chi connectivity index (χ0) is 18.6. The monoisotopic (exact) mass is 359 g/mol. The Morgan fingerprint density at radius 3 is 2.76 bits per heavy atom. The van der Waals surface area contributed by atoms with E-state index in [0.29, 0.717) is 28.1 Å². The molecule has 2 heterocycles. The molecule has 0 bridgehead atoms. The lowest BCUT2D eigenvalue weighted by Crippen LogP contribution is -2.26. The zero-order valence-electron chi connectivity index (χ0n) is 14.2. The van der Waals surface area contributed by atoms with E-state index in [1.807, 2.05) is 13.8 Å². The molecule has 25 heavy (non-hydrogen) atoms. The fourth-order valence-corrected chi connectivity index (χ4v) is 2.25. The molecule has 0 aliphatic rings. The van der Waals surface area contributed by atoms with Crippen LogP contribution in [0, 0.1) is 6.92 Å². The number of nitrogens with one attached hydrogen (secondary N) is 1. The molecule has 0 aromatic carbocycles. The van der Waals surface area contributed by atoms with Crippen molar-refractivity contribution < 1.29 is 27.2 Å². The lowest BCUT2D eigenvalue weighted by molar-refractivity contribution is -0.173. The maximum absolute atomic E-state index is 12.4. The van der Waals surface area contributed by atoms with E-state index in [1.165, 1.54) is 0 Å². The summed E-state index contributed by atoms with van der Waals surface area (Å²) in [6.45, 7) is 4.42. The van der Waals surface area contributed by atoms with E-state index >= 15 is 0 Å². The van der Waals surface area contributed by atoms with Gasteiger partial charge in [0.2, 0.25) is 0 Å². The number of rotatable bonds is 7. The van der Waals surface area contributed by atoms with Crippen LogP contribution < -0.4 is 5.32 Å². The van der Waals surface area contributed by atoms with Crippen LogP contribution in [0.25, 0.3) is 11.1 Å². The first-order valence-corrected chi connectivity index (χ1v) is 7.88. The van der Waals surface area contributed by atoms with Gasteiger partial charge in [0.1, 0.15) is 6.61 Å². The van der Waals surface area contributed by atoms with Crippen molar-refractivity contribution in [3.8, 4) is 0 Å². The highest BCUT2D eigenvalue weighted by atomic mass is 19.4. The summed E-state index contributed by atoms with van der Waals surface area (Å²) < 4.78 is 45.5. The van der Waals surface area contributed by atoms with Crippen molar-refractivity contribution in [1.82, 2.24) is 15.5 Å². The van der Waals surface area contributed by atoms with E-state index in [0.717, 1.165) is 0 Å². The van der Waals surface area contributed by atoms with E-state index in [1.54, 1.807) is 13.0 Å². The Labute approximate surface area is 142 Å². The second-order valence-corrected chi connectivity index (χ2v) is 5.97. The molecule has 6 nitrogen and oxygen atoms in total. The highest BCUT2D eigenvalue weighted by Gasteiger charge is 2.27. The number of pyridine rings is 1. The molecule has 9 heteroatoms. The van der Waals surface area contributed by atoms with Crippen molar-refractivity contribution >= 4 is 17.0 Å². The van der Waals surface area contributed by atoms with Gasteiger partial charge in [-0.05, 0) is 25.3 Å². The van der Waals surface area contributed by atoms with Crippen molar-refractivity contribution in [2.75, 3.05) is 19.8 Å². The summed E-state index contributed by atoms with van der Waals surface area (Å²) >= 11 is 0. The SMILES string of the molecule is Cc1noc2nc(C(C)C)cc(C(=O)NCCCOCC(F)(F)F)c12. The third-order valence-electron chi connectivity index (χ3n) is 3.49. The van der Waals surface area contributed by atoms with Gasteiger partial charge in [-0.3, -0.25) is 4.79 Å². The second-order valence-electron chi connectivity index (χ2n) is 5.97. The fourth-order valence-electron chi connectivity index (χ4n) is 2.25. The Bertz CT molecular complexity index is 741. The predicted octanol–water partition coefficient (Wildman–Crippen LogP) is 3.35. The molecule has 0 saturated heterocycles. The summed E-state index contributed by atoms with van der Waals surface area (Å²) in [6, 6.07) is 1.69. The van der Waals surface area contributed by atoms with Crippen LogP contribution in [0.3, 0.4) is 0 Å². The number of halogens is 3. The molecule has 0 saturated carbocycles. The Morgan fingerprint density at radius 1 is 1.40 bits per heavy atom. The quantitative estimate of drug-likeness (QED) is 0.767. The summed E-state index contributed by atoms with van der Waals surface area (Å²) in [7, 11) is 0. The van der Waals surface area contributed by atoms with Crippen LogP contribution in [0.2, 0.25) is 0 Å². The normalized spacial score (nSPS) is 12.1. The van der Waals surface area contributed by atoms with Gasteiger partial charge in [-0.25, -0.2) is 4.98 Å². The number of fused-ring (bicyclic) bond motifs is 1. The van der Waals surface area contributed by atoms with Crippen LogP contribution in [0.1, 0.15) is 47.9 Å². The molecule has 1 N–H and O–H groups in total. The van der Waals surface area contributed by atoms with Crippen molar-refractivity contribution in [2.45, 2.75) is 39.3 Å². The van der Waals surface area contributed by atoms with Gasteiger partial charge in [-0.1, -0.05) is 19.0 Å². The van der Waals surface area contributed by atoms with Crippen LogP contribution in [-0.4, -0.2) is 42.0 Å². The summed E-state index contributed by atoms with van der Waals surface area (Å²) in [5.41, 5.74) is 1.93. The van der Waals surface area contributed by atoms with E-state index in [-0.39, 0.29) is 31.4 Å². The maximum Gasteiger partial charge on any atom is 0.411 e. The van der Waals surface area contributed by atoms with Gasteiger partial charge in [-0.15, -0.1) is 0 Å². The lowest BCUT2D eigenvalue weighted by Gasteiger charge is -2.10. The first-order chi connectivity index (χ1) is 11.7. The third kappa shape index (κ3) is 5.15. The van der Waals surface area contributed by atoms with Crippen LogP contribution in [-0.2, 0) is 4.74 Å². The molecule has 2 aromatic rings. The molecule has 0 radical (unpaired) electrons. The first kappa shape index (κ1) is 19.2. The van der Waals surface area contributed by atoms with Crippen molar-refractivity contribution in [3.63, 3.8) is 0 Å². The summed E-state index contributed by atoms with van der Waals surface area (Å²) in [5.74, 6) is -0.256. The number of hydrogen-bond acceptors (Lipinski definition) is 5. The van der Waals surface area contributed by atoms with Crippen molar-refractivity contribution in [3.05, 3.63) is 23.0 Å². The summed E-state index contributed by atoms with van der Waals surface area (Å²) in [4.78, 5) is 16.8. The van der Waals surface area contributed by atoms with Crippen LogP contribution in [0.4, 0.5) is 13.2 Å². The number of aryl methyl sites for hydroxylation is 1. The molecule has 0 fully saturated rings. The Morgan fingerprint density at radius 2 is 2.12 bits per heavy atom. The van der Waals surface area contributed by atoms with Crippen molar-refractivity contribution in [1.29, 1.82) is 0 Å². The molecular weight excluding hydrogens is 339 g/mol. The molecule has 0 atom stereocenters. The maximum atomic E-state index is 12.4. The van der Waals surface area contributed by atoms with E-state index in [4.69, 9.17) is 4.52 Å². The van der Waals surface area contributed by atoms with Gasteiger partial charge in [0.25, 0.3) is 11.6 Å². The second kappa shape index (κ2) is 7.81. The largest absolute Gasteiger partial charge is 0.411 e. The molecular formula is C16H20F3N3O3. The minimum Gasteiger partial charge on any atom is -0.372 e. The highest BCUT2D eigenvalue weighted by Crippen LogP contribution is 2.25. The number of carbonyl (C=O) groups excluding carboxylic acids is 1. The molecule has 2 aromatic heterocycles. The molecule has 0 spiro atoms. The van der Waals surface area contributed by atoms with Gasteiger partial charge < -0.3 is 14.6 Å². The van der Waals surface area contributed by atoms with Crippen molar-refractivity contribution in [2.24, 2.45) is 0 Å². The standard InChI is InChI=1S/C16H20F3N3O3/c1-9(2)12-7-11(13-10(3)22-25-15(13)21-12)14(23)20-5-4-6-24-8-16(17,18)19/h7,9H,4-6,8H2,1-3H3,(H,20,23). The molecule has 2 rings (SSSR count). The number of alkyl halides is 3. The van der Waals surface area contributed by atoms with Gasteiger partial charge in [0.15, 0.2) is 0 Å². The molecule has 0 aliphatic carbocycles. The van der Waals surface area contributed by atoms with E-state index < -0.39 is 12.8 Å². The average Bonchev–Trinajstić information content (AvgIpc) is 2.90. The smallest absolute Gasteiger partial charge is 0.372 e. The lowest BCUT2D eigenvalue weighted by atomic mass is 10.0. The number of carbonyl (C=O) groups is 1. The zero-order valence-corrected chi connectivity index (χ0v) is 14.2. The van der Waals surface area contributed by atoms with Crippen LogP contribution in [0.5, 0.6) is 0 Å². The minimum atomic E-state index is -4.34. The van der Waals surface area contributed by atoms with Gasteiger partial charge >= 0.3 is 6.18 Å². The van der Waals surface area contributed by atoms with E-state index in [9.17, 15) is 18.0 Å². The third-order valence-corrected chi connectivity index (χ3v) is 3.49. The number of amides is 1. The number of ether oxygens (including phenoxy) is 1. The average molecular weight is 359 g/mol. The van der Waals surface area contributed by atoms with E-state index in [2.05, 4.69) is 20.2 Å². The van der Waals surface area contributed by atoms with Crippen LogP contribution >= 0.6 is 0 Å². The molecule has 1 amide bonds. The number of hydrogen-bond donors (Lipinski definition) is 1. The summed E-state index contributed by atoms with van der Waals surface area (Å²) in [5, 5.41) is 7.05. The fraction of sp³-hybridized carbons (Fsp3) is 0.562. The highest BCUT2D eigenvalue weighted by molar-refractivity contribution is 6.06. The molecule has 0 aliphatic heterocycles. The Kier molecular flexibility index (Phi) is 5.99. The number of nitrogens with zero attached hydrogens (tertiary/aromatic N) is 2.